The maximum Gasteiger partial charge on any atom is 0.323 e. The Kier molecular flexibility index (Phi) is 7.00. The van der Waals surface area contributed by atoms with Crippen LogP contribution in [0.2, 0.25) is 10.0 Å². The summed E-state index contributed by atoms with van der Waals surface area (Å²) in [6.45, 7) is 0. The lowest BCUT2D eigenvalue weighted by molar-refractivity contribution is 0.0955. The molecule has 0 aromatic heterocycles. The number of carbonyl (C=O) groups is 2. The van der Waals surface area contributed by atoms with Crippen molar-refractivity contribution in [1.29, 1.82) is 0 Å². The molecule has 0 unspecified atom stereocenters. The predicted octanol–water partition coefficient (Wildman–Crippen LogP) is 5.54. The molecule has 152 valence electrons. The Bertz CT molecular complexity index is 1100. The Morgan fingerprint density at radius 2 is 1.63 bits per heavy atom. The second-order valence-corrected chi connectivity index (χ2v) is 6.82. The summed E-state index contributed by atoms with van der Waals surface area (Å²) in [6, 6.07) is 16.3. The SMILES string of the molecule is O=C(Nc1ccc(C(=O)N/N=C/c2ccc(Cl)c(Cl)c2)cc1)Nc1ccccc1F. The monoisotopic (exact) mass is 444 g/mol. The highest BCUT2D eigenvalue weighted by atomic mass is 35.5. The van der Waals surface area contributed by atoms with E-state index in [0.29, 0.717) is 26.9 Å². The van der Waals surface area contributed by atoms with Crippen LogP contribution in [0.3, 0.4) is 0 Å². The summed E-state index contributed by atoms with van der Waals surface area (Å²) in [6.07, 6.45) is 1.43. The molecule has 0 bridgehead atoms. The number of carbonyl (C=O) groups excluding carboxylic acids is 2. The third-order valence-electron chi connectivity index (χ3n) is 3.85. The van der Waals surface area contributed by atoms with Crippen LogP contribution in [0.1, 0.15) is 15.9 Å². The average Bonchev–Trinajstić information content (AvgIpc) is 2.73. The Labute approximate surface area is 181 Å². The number of hydrogen-bond acceptors (Lipinski definition) is 3. The summed E-state index contributed by atoms with van der Waals surface area (Å²) in [4.78, 5) is 24.1. The Hall–Kier alpha value is -3.42. The highest BCUT2D eigenvalue weighted by molar-refractivity contribution is 6.42. The summed E-state index contributed by atoms with van der Waals surface area (Å²) in [7, 11) is 0. The number of halogens is 3. The highest BCUT2D eigenvalue weighted by Gasteiger charge is 2.08. The van der Waals surface area contributed by atoms with E-state index in [1.165, 1.54) is 36.5 Å². The normalized spacial score (nSPS) is 10.6. The van der Waals surface area contributed by atoms with Crippen LogP contribution >= 0.6 is 23.2 Å². The quantitative estimate of drug-likeness (QED) is 0.356. The van der Waals surface area contributed by atoms with Crippen LogP contribution in [0.5, 0.6) is 0 Å². The van der Waals surface area contributed by atoms with Gasteiger partial charge in [0.05, 0.1) is 21.9 Å². The van der Waals surface area contributed by atoms with Gasteiger partial charge in [-0.15, -0.1) is 0 Å². The predicted molar refractivity (Wildman–Crippen MR) is 117 cm³/mol. The van der Waals surface area contributed by atoms with Gasteiger partial charge in [-0.25, -0.2) is 14.6 Å². The number of anilines is 2. The molecule has 0 saturated carbocycles. The minimum atomic E-state index is -0.608. The molecule has 3 N–H and O–H groups in total. The standard InChI is InChI=1S/C21H15Cl2FN4O2/c22-16-10-5-13(11-17(16)23)12-25-28-20(29)14-6-8-15(9-7-14)26-21(30)27-19-4-2-1-3-18(19)24/h1-12H,(H,28,29)(H2,26,27,30)/b25-12+. The number of nitrogens with zero attached hydrogens (tertiary/aromatic N) is 1. The van der Waals surface area contributed by atoms with E-state index in [1.54, 1.807) is 36.4 Å². The minimum Gasteiger partial charge on any atom is -0.308 e. The zero-order chi connectivity index (χ0) is 21.5. The number of amides is 3. The lowest BCUT2D eigenvalue weighted by Gasteiger charge is -2.08. The molecule has 0 spiro atoms. The largest absolute Gasteiger partial charge is 0.323 e. The summed E-state index contributed by atoms with van der Waals surface area (Å²) in [5, 5.41) is 9.64. The molecule has 3 amide bonds. The van der Waals surface area contributed by atoms with Gasteiger partial charge in [-0.1, -0.05) is 41.4 Å². The van der Waals surface area contributed by atoms with Crippen molar-refractivity contribution in [3.8, 4) is 0 Å². The second kappa shape index (κ2) is 9.87. The molecule has 3 rings (SSSR count). The van der Waals surface area contributed by atoms with E-state index in [9.17, 15) is 14.0 Å². The molecule has 0 heterocycles. The van der Waals surface area contributed by atoms with Gasteiger partial charge >= 0.3 is 6.03 Å². The van der Waals surface area contributed by atoms with Crippen molar-refractivity contribution >= 4 is 52.7 Å². The van der Waals surface area contributed by atoms with Crippen LogP contribution in [-0.4, -0.2) is 18.2 Å². The molecular weight excluding hydrogens is 430 g/mol. The number of hydrazone groups is 1. The number of rotatable bonds is 5. The van der Waals surface area contributed by atoms with Crippen LogP contribution < -0.4 is 16.1 Å². The Morgan fingerprint density at radius 1 is 0.900 bits per heavy atom. The van der Waals surface area contributed by atoms with Crippen molar-refractivity contribution in [2.45, 2.75) is 0 Å². The smallest absolute Gasteiger partial charge is 0.308 e. The molecule has 3 aromatic rings. The second-order valence-electron chi connectivity index (χ2n) is 6.01. The zero-order valence-corrected chi connectivity index (χ0v) is 16.8. The van der Waals surface area contributed by atoms with Gasteiger partial charge in [0, 0.05) is 11.3 Å². The third-order valence-corrected chi connectivity index (χ3v) is 4.59. The van der Waals surface area contributed by atoms with Crippen molar-refractivity contribution in [1.82, 2.24) is 5.43 Å². The number of nitrogens with one attached hydrogen (secondary N) is 3. The van der Waals surface area contributed by atoms with E-state index >= 15 is 0 Å². The van der Waals surface area contributed by atoms with Gasteiger partial charge in [0.15, 0.2) is 0 Å². The highest BCUT2D eigenvalue weighted by Crippen LogP contribution is 2.21. The van der Waals surface area contributed by atoms with E-state index in [-0.39, 0.29) is 5.69 Å². The Morgan fingerprint density at radius 3 is 2.33 bits per heavy atom. The summed E-state index contributed by atoms with van der Waals surface area (Å²) < 4.78 is 13.6. The molecule has 3 aromatic carbocycles. The molecule has 0 aliphatic rings. The van der Waals surface area contributed by atoms with Crippen molar-refractivity contribution in [3.63, 3.8) is 0 Å². The topological polar surface area (TPSA) is 82.6 Å². The molecule has 0 aliphatic heterocycles. The molecule has 30 heavy (non-hydrogen) atoms. The average molecular weight is 445 g/mol. The van der Waals surface area contributed by atoms with Gasteiger partial charge in [-0.05, 0) is 54.1 Å². The lowest BCUT2D eigenvalue weighted by Crippen LogP contribution is -2.20. The molecule has 0 radical (unpaired) electrons. The van der Waals surface area contributed by atoms with Gasteiger partial charge in [-0.3, -0.25) is 4.79 Å². The summed E-state index contributed by atoms with van der Waals surface area (Å²) >= 11 is 11.8. The summed E-state index contributed by atoms with van der Waals surface area (Å²) in [5.74, 6) is -0.977. The van der Waals surface area contributed by atoms with Gasteiger partial charge in [-0.2, -0.15) is 5.10 Å². The van der Waals surface area contributed by atoms with Crippen LogP contribution in [-0.2, 0) is 0 Å². The van der Waals surface area contributed by atoms with Crippen molar-refractivity contribution in [2.75, 3.05) is 10.6 Å². The first-order valence-electron chi connectivity index (χ1n) is 8.63. The van der Waals surface area contributed by atoms with Gasteiger partial charge in [0.2, 0.25) is 0 Å². The number of benzene rings is 3. The maximum atomic E-state index is 13.6. The number of para-hydroxylation sites is 1. The fraction of sp³-hybridized carbons (Fsp3) is 0. The van der Waals surface area contributed by atoms with Gasteiger partial charge in [0.25, 0.3) is 5.91 Å². The number of hydrogen-bond donors (Lipinski definition) is 3. The first kappa shape index (κ1) is 21.3. The fourth-order valence-corrected chi connectivity index (χ4v) is 2.68. The zero-order valence-electron chi connectivity index (χ0n) is 15.3. The first-order chi connectivity index (χ1) is 14.4. The van der Waals surface area contributed by atoms with Crippen molar-refractivity contribution < 1.29 is 14.0 Å². The van der Waals surface area contributed by atoms with Gasteiger partial charge < -0.3 is 10.6 Å². The molecule has 0 atom stereocenters. The minimum absolute atomic E-state index is 0.0610. The fourth-order valence-electron chi connectivity index (χ4n) is 2.37. The van der Waals surface area contributed by atoms with Crippen molar-refractivity contribution in [2.24, 2.45) is 5.10 Å². The van der Waals surface area contributed by atoms with Crippen LogP contribution in [0, 0.1) is 5.82 Å². The number of urea groups is 1. The van der Waals surface area contributed by atoms with E-state index in [4.69, 9.17) is 23.2 Å². The van der Waals surface area contributed by atoms with Crippen LogP contribution in [0.15, 0.2) is 71.8 Å². The molecule has 0 saturated heterocycles. The van der Waals surface area contributed by atoms with E-state index < -0.39 is 17.8 Å². The summed E-state index contributed by atoms with van der Waals surface area (Å²) in [5.41, 5.74) is 3.89. The third kappa shape index (κ3) is 5.79. The van der Waals surface area contributed by atoms with Crippen molar-refractivity contribution in [3.05, 3.63) is 93.7 Å². The molecule has 9 heteroatoms. The maximum absolute atomic E-state index is 13.6. The van der Waals surface area contributed by atoms with E-state index in [2.05, 4.69) is 21.2 Å². The van der Waals surface area contributed by atoms with E-state index in [0.717, 1.165) is 0 Å². The van der Waals surface area contributed by atoms with Crippen LogP contribution in [0.4, 0.5) is 20.6 Å². The first-order valence-corrected chi connectivity index (χ1v) is 9.39. The molecule has 6 nitrogen and oxygen atoms in total. The molecule has 0 aliphatic carbocycles. The van der Waals surface area contributed by atoms with Gasteiger partial charge in [0.1, 0.15) is 5.82 Å². The molecular formula is C21H15Cl2FN4O2. The Balaban J connectivity index is 1.54. The van der Waals surface area contributed by atoms with E-state index in [1.807, 2.05) is 0 Å². The lowest BCUT2D eigenvalue weighted by atomic mass is 10.2. The molecule has 0 fully saturated rings. The van der Waals surface area contributed by atoms with Crippen LogP contribution in [0.25, 0.3) is 0 Å².